The van der Waals surface area contributed by atoms with Crippen molar-refractivity contribution < 1.29 is 9.90 Å². The van der Waals surface area contributed by atoms with E-state index in [2.05, 4.69) is 23.7 Å². The second kappa shape index (κ2) is 8.18. The number of hydrogen-bond donors (Lipinski definition) is 1. The van der Waals surface area contributed by atoms with E-state index in [-0.39, 0.29) is 12.5 Å². The summed E-state index contributed by atoms with van der Waals surface area (Å²) in [5, 5.41) is 10.6. The van der Waals surface area contributed by atoms with E-state index in [9.17, 15) is 4.79 Å². The number of amides is 1. The van der Waals surface area contributed by atoms with Gasteiger partial charge in [0.05, 0.1) is 17.0 Å². The Kier molecular flexibility index (Phi) is 6.24. The molecule has 0 spiro atoms. The third-order valence-electron chi connectivity index (χ3n) is 3.49. The average molecular weight is 306 g/mol. The van der Waals surface area contributed by atoms with Gasteiger partial charge in [-0.15, -0.1) is 11.3 Å². The van der Waals surface area contributed by atoms with E-state index in [1.54, 1.807) is 0 Å². The maximum Gasteiger partial charge on any atom is 0.254 e. The molecular formula is C16H22N2O2S. The molecule has 0 atom stereocenters. The fourth-order valence-corrected chi connectivity index (χ4v) is 3.14. The minimum Gasteiger partial charge on any atom is -0.395 e. The molecule has 2 rings (SSSR count). The van der Waals surface area contributed by atoms with Crippen LogP contribution < -0.4 is 0 Å². The summed E-state index contributed by atoms with van der Waals surface area (Å²) in [5.41, 5.74) is 0.734. The number of carbonyl (C=O) groups is 1. The number of aliphatic hydroxyl groups excluding tert-OH is 1. The third-order valence-corrected chi connectivity index (χ3v) is 4.34. The zero-order valence-electron chi connectivity index (χ0n) is 12.5. The lowest BCUT2D eigenvalue weighted by molar-refractivity contribution is 0.0638. The van der Waals surface area contributed by atoms with Crippen molar-refractivity contribution in [3.05, 3.63) is 21.9 Å². The lowest BCUT2D eigenvalue weighted by Gasteiger charge is -2.34. The predicted molar refractivity (Wildman–Crippen MR) is 85.5 cm³/mol. The van der Waals surface area contributed by atoms with E-state index < -0.39 is 0 Å². The Balaban J connectivity index is 1.91. The van der Waals surface area contributed by atoms with Gasteiger partial charge in [-0.3, -0.25) is 9.69 Å². The highest BCUT2D eigenvalue weighted by Gasteiger charge is 2.22. The summed E-state index contributed by atoms with van der Waals surface area (Å²) >= 11 is 1.49. The smallest absolute Gasteiger partial charge is 0.254 e. The molecule has 1 aliphatic rings. The summed E-state index contributed by atoms with van der Waals surface area (Å²) < 4.78 is 0. The van der Waals surface area contributed by atoms with Crippen LogP contribution in [-0.4, -0.2) is 60.1 Å². The molecule has 2 heterocycles. The Morgan fingerprint density at radius 2 is 2.14 bits per heavy atom. The van der Waals surface area contributed by atoms with Gasteiger partial charge in [0.15, 0.2) is 0 Å². The van der Waals surface area contributed by atoms with Crippen molar-refractivity contribution in [3.8, 4) is 11.8 Å². The van der Waals surface area contributed by atoms with Gasteiger partial charge in [-0.2, -0.15) is 0 Å². The Morgan fingerprint density at radius 3 is 2.81 bits per heavy atom. The summed E-state index contributed by atoms with van der Waals surface area (Å²) in [6, 6.07) is 1.86. The van der Waals surface area contributed by atoms with E-state index in [0.29, 0.717) is 6.42 Å². The van der Waals surface area contributed by atoms with Gasteiger partial charge >= 0.3 is 0 Å². The van der Waals surface area contributed by atoms with Crippen molar-refractivity contribution in [1.29, 1.82) is 0 Å². The largest absolute Gasteiger partial charge is 0.395 e. The van der Waals surface area contributed by atoms with Crippen LogP contribution in [-0.2, 0) is 0 Å². The summed E-state index contributed by atoms with van der Waals surface area (Å²) in [4.78, 5) is 17.7. The summed E-state index contributed by atoms with van der Waals surface area (Å²) in [5.74, 6) is 5.97. The van der Waals surface area contributed by atoms with Crippen molar-refractivity contribution >= 4 is 17.2 Å². The van der Waals surface area contributed by atoms with Gasteiger partial charge in [0.1, 0.15) is 0 Å². The quantitative estimate of drug-likeness (QED) is 0.860. The van der Waals surface area contributed by atoms with Gasteiger partial charge < -0.3 is 10.0 Å². The van der Waals surface area contributed by atoms with Crippen LogP contribution in [0.2, 0.25) is 0 Å². The van der Waals surface area contributed by atoms with Crippen LogP contribution in [0.5, 0.6) is 0 Å². The monoisotopic (exact) mass is 306 g/mol. The topological polar surface area (TPSA) is 43.8 Å². The zero-order chi connectivity index (χ0) is 15.1. The first-order chi connectivity index (χ1) is 10.2. The van der Waals surface area contributed by atoms with Crippen LogP contribution >= 0.6 is 11.3 Å². The van der Waals surface area contributed by atoms with Crippen LogP contribution in [0.3, 0.4) is 0 Å². The number of hydrogen-bond acceptors (Lipinski definition) is 4. The number of carbonyl (C=O) groups excluding carboxylic acids is 1. The summed E-state index contributed by atoms with van der Waals surface area (Å²) in [6.07, 6.45) is 1.63. The standard InChI is InChI=1S/C16H22N2O2S/c1-2-6-17-7-9-18(10-8-17)16(20)14-12-15(21-13-14)5-3-4-11-19/h12-13,19H,2,4,6-11H2,1H3. The molecule has 21 heavy (non-hydrogen) atoms. The third kappa shape index (κ3) is 4.57. The maximum atomic E-state index is 12.4. The molecule has 1 aliphatic heterocycles. The van der Waals surface area contributed by atoms with E-state index in [0.717, 1.165) is 49.6 Å². The first-order valence-corrected chi connectivity index (χ1v) is 8.32. The van der Waals surface area contributed by atoms with Crippen LogP contribution in [0.1, 0.15) is 35.0 Å². The van der Waals surface area contributed by atoms with Gasteiger partial charge in [0, 0.05) is 38.0 Å². The number of nitrogens with zero attached hydrogens (tertiary/aromatic N) is 2. The van der Waals surface area contributed by atoms with E-state index in [1.165, 1.54) is 11.3 Å². The van der Waals surface area contributed by atoms with Crippen LogP contribution in [0.15, 0.2) is 11.4 Å². The minimum atomic E-state index is 0.0756. The van der Waals surface area contributed by atoms with E-state index >= 15 is 0 Å². The molecule has 114 valence electrons. The molecule has 1 N–H and O–H groups in total. The van der Waals surface area contributed by atoms with Crippen LogP contribution in [0.4, 0.5) is 0 Å². The van der Waals surface area contributed by atoms with Gasteiger partial charge in [0.2, 0.25) is 0 Å². The molecule has 0 unspecified atom stereocenters. The number of thiophene rings is 1. The second-order valence-electron chi connectivity index (χ2n) is 5.11. The van der Waals surface area contributed by atoms with Crippen LogP contribution in [0, 0.1) is 11.8 Å². The molecule has 0 bridgehead atoms. The maximum absolute atomic E-state index is 12.4. The molecule has 0 saturated carbocycles. The molecule has 4 nitrogen and oxygen atoms in total. The summed E-state index contributed by atoms with van der Waals surface area (Å²) in [7, 11) is 0. The Hall–Kier alpha value is -1.35. The molecule has 1 amide bonds. The highest BCUT2D eigenvalue weighted by molar-refractivity contribution is 7.10. The Bertz CT molecular complexity index is 522. The van der Waals surface area contributed by atoms with Gasteiger partial charge in [0.25, 0.3) is 5.91 Å². The van der Waals surface area contributed by atoms with E-state index in [4.69, 9.17) is 5.11 Å². The number of aliphatic hydroxyl groups is 1. The fourth-order valence-electron chi connectivity index (χ4n) is 2.39. The van der Waals surface area contributed by atoms with E-state index in [1.807, 2.05) is 16.3 Å². The van der Waals surface area contributed by atoms with Crippen molar-refractivity contribution in [2.45, 2.75) is 19.8 Å². The molecule has 1 aromatic heterocycles. The lowest BCUT2D eigenvalue weighted by atomic mass is 10.2. The predicted octanol–water partition coefficient (Wildman–Crippen LogP) is 1.65. The molecule has 5 heteroatoms. The summed E-state index contributed by atoms with van der Waals surface area (Å²) in [6.45, 7) is 6.92. The molecule has 1 fully saturated rings. The second-order valence-corrected chi connectivity index (χ2v) is 6.02. The van der Waals surface area contributed by atoms with Crippen molar-refractivity contribution in [2.24, 2.45) is 0 Å². The number of piperazine rings is 1. The molecular weight excluding hydrogens is 284 g/mol. The minimum absolute atomic E-state index is 0.0756. The SMILES string of the molecule is CCCN1CCN(C(=O)c2csc(C#CCCO)c2)CC1. The Labute approximate surface area is 130 Å². The zero-order valence-corrected chi connectivity index (χ0v) is 13.3. The first-order valence-electron chi connectivity index (χ1n) is 7.44. The van der Waals surface area contributed by atoms with Crippen LogP contribution in [0.25, 0.3) is 0 Å². The molecule has 1 aromatic rings. The highest BCUT2D eigenvalue weighted by Crippen LogP contribution is 2.16. The lowest BCUT2D eigenvalue weighted by Crippen LogP contribution is -2.48. The number of rotatable bonds is 4. The molecule has 1 saturated heterocycles. The fraction of sp³-hybridized carbons (Fsp3) is 0.562. The molecule has 0 radical (unpaired) electrons. The van der Waals surface area contributed by atoms with Gasteiger partial charge in [-0.25, -0.2) is 0 Å². The molecule has 0 aliphatic carbocycles. The average Bonchev–Trinajstić information content (AvgIpc) is 2.97. The molecule has 0 aromatic carbocycles. The van der Waals surface area contributed by atoms with Gasteiger partial charge in [-0.05, 0) is 19.0 Å². The van der Waals surface area contributed by atoms with Crippen molar-refractivity contribution in [2.75, 3.05) is 39.3 Å². The van der Waals surface area contributed by atoms with Crippen molar-refractivity contribution in [1.82, 2.24) is 9.80 Å². The first kappa shape index (κ1) is 16.0. The van der Waals surface area contributed by atoms with Gasteiger partial charge in [-0.1, -0.05) is 18.8 Å². The highest BCUT2D eigenvalue weighted by atomic mass is 32.1. The Morgan fingerprint density at radius 1 is 1.38 bits per heavy atom. The van der Waals surface area contributed by atoms with Crippen molar-refractivity contribution in [3.63, 3.8) is 0 Å². The normalized spacial score (nSPS) is 15.6.